The van der Waals surface area contributed by atoms with E-state index in [9.17, 15) is 0 Å². The molecule has 0 saturated carbocycles. The predicted octanol–water partition coefficient (Wildman–Crippen LogP) is -0.639. The Bertz CT molecular complexity index is 134. The van der Waals surface area contributed by atoms with Gasteiger partial charge in [0.25, 0.3) is 0 Å². The molecule has 3 N–H and O–H groups in total. The van der Waals surface area contributed by atoms with Crippen molar-refractivity contribution in [2.45, 2.75) is 25.2 Å². The highest BCUT2D eigenvalue weighted by Crippen LogP contribution is 2.08. The number of alkyl halides is 1. The molecule has 5 nitrogen and oxygen atoms in total. The van der Waals surface area contributed by atoms with Crippen LogP contribution in [-0.2, 0) is 9.47 Å². The van der Waals surface area contributed by atoms with E-state index >= 15 is 0 Å². The predicted molar refractivity (Wildman–Crippen MR) is 56.1 cm³/mol. The maximum atomic E-state index is 8.17. The Morgan fingerprint density at radius 1 is 1.27 bits per heavy atom. The fraction of sp³-hybridized carbons (Fsp3) is 1.00. The van der Waals surface area contributed by atoms with Gasteiger partial charge < -0.3 is 24.8 Å². The molecule has 92 valence electrons. The third kappa shape index (κ3) is 14.1. The molecule has 0 aliphatic carbocycles. The summed E-state index contributed by atoms with van der Waals surface area (Å²) in [5, 5.41) is 24.0. The largest absolute Gasteiger partial charge is 0.394 e. The zero-order valence-electron chi connectivity index (χ0n) is 8.80. The Hall–Kier alpha value is 0.0900. The molecule has 0 aromatic carbocycles. The molecular weight excluding hydrogens is 224 g/mol. The highest BCUT2D eigenvalue weighted by molar-refractivity contribution is 6.18. The summed E-state index contributed by atoms with van der Waals surface area (Å²) in [5.41, 5.74) is 0. The Balaban J connectivity index is 0.000000199. The molecule has 0 radical (unpaired) electrons. The van der Waals surface area contributed by atoms with Crippen LogP contribution in [0.5, 0.6) is 0 Å². The van der Waals surface area contributed by atoms with Gasteiger partial charge in [0, 0.05) is 0 Å². The molecule has 0 amide bonds. The number of aliphatic hydroxyl groups is 3. The quantitative estimate of drug-likeness (QED) is 0.453. The van der Waals surface area contributed by atoms with Gasteiger partial charge in [0.1, 0.15) is 6.10 Å². The van der Waals surface area contributed by atoms with E-state index in [4.69, 9.17) is 36.4 Å². The lowest BCUT2D eigenvalue weighted by Crippen LogP contribution is -2.15. The van der Waals surface area contributed by atoms with Gasteiger partial charge in [-0.3, -0.25) is 0 Å². The summed E-state index contributed by atoms with van der Waals surface area (Å²) in [6, 6.07) is 0. The zero-order valence-corrected chi connectivity index (χ0v) is 9.56. The van der Waals surface area contributed by atoms with Gasteiger partial charge in [-0.15, -0.1) is 11.6 Å². The van der Waals surface area contributed by atoms with E-state index in [-0.39, 0.29) is 13.2 Å². The molecule has 2 saturated heterocycles. The lowest BCUT2D eigenvalue weighted by atomic mass is 10.4. The van der Waals surface area contributed by atoms with Crippen molar-refractivity contribution in [2.75, 3.05) is 32.3 Å². The summed E-state index contributed by atoms with van der Waals surface area (Å²) in [7, 11) is 0. The van der Waals surface area contributed by atoms with Gasteiger partial charge in [-0.2, -0.15) is 0 Å². The highest BCUT2D eigenvalue weighted by Gasteiger charge is 2.19. The summed E-state index contributed by atoms with van der Waals surface area (Å²) in [5.74, 6) is 0.667. The van der Waals surface area contributed by atoms with E-state index in [2.05, 4.69) is 6.92 Å². The van der Waals surface area contributed by atoms with Crippen LogP contribution < -0.4 is 0 Å². The molecule has 0 bridgehead atoms. The van der Waals surface area contributed by atoms with E-state index in [1.165, 1.54) is 0 Å². The number of hydrogen-bond acceptors (Lipinski definition) is 5. The molecule has 6 heteroatoms. The van der Waals surface area contributed by atoms with E-state index in [0.717, 1.165) is 13.2 Å². The monoisotopic (exact) mass is 242 g/mol. The second-order valence-corrected chi connectivity index (χ2v) is 3.58. The standard InChI is InChI=1S/C3H5ClO.C3H8O3.C3H6O/c4-1-3-2-5-3;4-1-3(6)2-5;1-3-2-4-3/h3H,1-2H2;3-6H,1-2H2;3H,2H2,1H3. The second-order valence-electron chi connectivity index (χ2n) is 3.27. The fourth-order valence-corrected chi connectivity index (χ4v) is 0.489. The van der Waals surface area contributed by atoms with Crippen molar-refractivity contribution in [3.05, 3.63) is 0 Å². The lowest BCUT2D eigenvalue weighted by molar-refractivity contribution is 0.0450. The van der Waals surface area contributed by atoms with E-state index in [0.29, 0.717) is 18.1 Å². The molecule has 2 fully saturated rings. The molecule has 2 heterocycles. The topological polar surface area (TPSA) is 85.8 Å². The van der Waals surface area contributed by atoms with Crippen molar-refractivity contribution in [3.63, 3.8) is 0 Å². The lowest BCUT2D eigenvalue weighted by Gasteiger charge is -1.96. The summed E-state index contributed by atoms with van der Waals surface area (Å²) in [4.78, 5) is 0. The molecule has 15 heavy (non-hydrogen) atoms. The van der Waals surface area contributed by atoms with Gasteiger partial charge in [-0.25, -0.2) is 0 Å². The first kappa shape index (κ1) is 15.1. The van der Waals surface area contributed by atoms with Crippen molar-refractivity contribution < 1.29 is 24.8 Å². The maximum absolute atomic E-state index is 8.17. The van der Waals surface area contributed by atoms with E-state index < -0.39 is 6.10 Å². The normalized spacial score (nSPS) is 26.0. The first-order valence-corrected chi connectivity index (χ1v) is 5.36. The Morgan fingerprint density at radius 2 is 1.67 bits per heavy atom. The Morgan fingerprint density at radius 3 is 1.67 bits per heavy atom. The Kier molecular flexibility index (Phi) is 9.38. The van der Waals surface area contributed by atoms with Gasteiger partial charge in [0.2, 0.25) is 0 Å². The van der Waals surface area contributed by atoms with E-state index in [1.54, 1.807) is 0 Å². The molecule has 2 unspecified atom stereocenters. The van der Waals surface area contributed by atoms with Crippen molar-refractivity contribution in [1.82, 2.24) is 0 Å². The first-order chi connectivity index (χ1) is 7.13. The smallest absolute Gasteiger partial charge is 0.100 e. The van der Waals surface area contributed by atoms with Crippen LogP contribution >= 0.6 is 11.6 Å². The van der Waals surface area contributed by atoms with Crippen molar-refractivity contribution in [1.29, 1.82) is 0 Å². The highest BCUT2D eigenvalue weighted by atomic mass is 35.5. The van der Waals surface area contributed by atoms with Gasteiger partial charge in [0.05, 0.1) is 44.5 Å². The zero-order chi connectivity index (χ0) is 11.7. The maximum Gasteiger partial charge on any atom is 0.100 e. The Labute approximate surface area is 94.6 Å². The first-order valence-electron chi connectivity index (χ1n) is 4.83. The summed E-state index contributed by atoms with van der Waals surface area (Å²) in [6.07, 6.45) is 0.0293. The second kappa shape index (κ2) is 9.33. The van der Waals surface area contributed by atoms with Crippen molar-refractivity contribution in [3.8, 4) is 0 Å². The van der Waals surface area contributed by atoms with Crippen molar-refractivity contribution in [2.24, 2.45) is 0 Å². The number of ether oxygens (including phenoxy) is 2. The molecule has 2 rings (SSSR count). The van der Waals surface area contributed by atoms with Crippen molar-refractivity contribution >= 4 is 11.6 Å². The van der Waals surface area contributed by atoms with Crippen LogP contribution in [0.3, 0.4) is 0 Å². The summed E-state index contributed by atoms with van der Waals surface area (Å²) < 4.78 is 9.43. The van der Waals surface area contributed by atoms with Crippen LogP contribution in [0, 0.1) is 0 Å². The molecule has 0 aromatic heterocycles. The van der Waals surface area contributed by atoms with Crippen LogP contribution in [0.1, 0.15) is 6.92 Å². The number of halogens is 1. The van der Waals surface area contributed by atoms with Gasteiger partial charge in [0.15, 0.2) is 0 Å². The number of rotatable bonds is 3. The molecule has 2 aliphatic heterocycles. The van der Waals surface area contributed by atoms with Gasteiger partial charge in [-0.05, 0) is 6.92 Å². The number of aliphatic hydroxyl groups excluding tert-OH is 3. The van der Waals surface area contributed by atoms with Gasteiger partial charge >= 0.3 is 0 Å². The molecular formula is C9H19ClO5. The number of hydrogen-bond donors (Lipinski definition) is 3. The minimum Gasteiger partial charge on any atom is -0.394 e. The third-order valence-electron chi connectivity index (χ3n) is 1.50. The third-order valence-corrected chi connectivity index (χ3v) is 1.84. The molecule has 2 atom stereocenters. The SMILES string of the molecule is CC1CO1.ClCC1CO1.OCC(O)CO. The van der Waals surface area contributed by atoms with Crippen LogP contribution in [0.2, 0.25) is 0 Å². The number of epoxide rings is 2. The average Bonchev–Trinajstić information content (AvgIpc) is 3.12. The van der Waals surface area contributed by atoms with Crippen LogP contribution in [-0.4, -0.2) is 65.9 Å². The summed E-state index contributed by atoms with van der Waals surface area (Å²) >= 11 is 5.27. The minimum absolute atomic E-state index is 0.365. The average molecular weight is 243 g/mol. The summed E-state index contributed by atoms with van der Waals surface area (Å²) in [6.45, 7) is 3.19. The van der Waals surface area contributed by atoms with Crippen LogP contribution in [0.4, 0.5) is 0 Å². The van der Waals surface area contributed by atoms with Gasteiger partial charge in [-0.1, -0.05) is 0 Å². The van der Waals surface area contributed by atoms with E-state index in [1.807, 2.05) is 0 Å². The molecule has 2 aliphatic rings. The fourth-order valence-electron chi connectivity index (χ4n) is 0.311. The molecule has 0 aromatic rings. The molecule has 0 spiro atoms. The minimum atomic E-state index is -0.954. The van der Waals surface area contributed by atoms with Crippen LogP contribution in [0.25, 0.3) is 0 Å². The van der Waals surface area contributed by atoms with Crippen LogP contribution in [0.15, 0.2) is 0 Å².